The molecule has 9 atom stereocenters. The molecule has 0 bridgehead atoms. The van der Waals surface area contributed by atoms with E-state index in [0.717, 1.165) is 54.3 Å². The molecule has 4 fully saturated rings. The molecule has 39 heavy (non-hydrogen) atoms. The largest absolute Gasteiger partial charge is 0.381 e. The van der Waals surface area contributed by atoms with Crippen LogP contribution in [0.1, 0.15) is 116 Å². The topological polar surface area (TPSA) is 12.5 Å². The lowest BCUT2D eigenvalue weighted by atomic mass is 9.49. The van der Waals surface area contributed by atoms with Gasteiger partial charge in [0.1, 0.15) is 0 Å². The lowest BCUT2D eigenvalue weighted by molar-refractivity contribution is -0.0713. The van der Waals surface area contributed by atoms with Gasteiger partial charge in [-0.15, -0.1) is 6.42 Å². The van der Waals surface area contributed by atoms with E-state index < -0.39 is 0 Å². The van der Waals surface area contributed by atoms with Crippen LogP contribution in [0.5, 0.6) is 0 Å². The van der Waals surface area contributed by atoms with Crippen LogP contribution >= 0.6 is 0 Å². The van der Waals surface area contributed by atoms with Crippen LogP contribution in [0, 0.1) is 59.2 Å². The Morgan fingerprint density at radius 1 is 1.03 bits per heavy atom. The van der Waals surface area contributed by atoms with Crippen LogP contribution in [0.15, 0.2) is 36.5 Å². The first-order valence-corrected chi connectivity index (χ1v) is 16.3. The van der Waals surface area contributed by atoms with Gasteiger partial charge in [-0.05, 0) is 130 Å². The van der Waals surface area contributed by atoms with Gasteiger partial charge in [-0.2, -0.15) is 0 Å². The minimum Gasteiger partial charge on any atom is -0.381 e. The van der Waals surface area contributed by atoms with E-state index in [1.807, 2.05) is 0 Å². The lowest BCUT2D eigenvalue weighted by Crippen LogP contribution is -2.49. The van der Waals surface area contributed by atoms with Crippen LogP contribution in [0.4, 0.5) is 0 Å². The second-order valence-corrected chi connectivity index (χ2v) is 13.7. The monoisotopic (exact) mass is 531 g/mol. The van der Waals surface area contributed by atoms with Crippen molar-refractivity contribution >= 4 is 0 Å². The summed E-state index contributed by atoms with van der Waals surface area (Å²) in [6.07, 6.45) is 19.6. The van der Waals surface area contributed by atoms with E-state index in [4.69, 9.17) is 17.7 Å². The highest BCUT2D eigenvalue weighted by molar-refractivity contribution is 5.35. The predicted molar refractivity (Wildman–Crippen MR) is 166 cm³/mol. The van der Waals surface area contributed by atoms with Crippen molar-refractivity contribution in [1.29, 1.82) is 0 Å². The summed E-state index contributed by atoms with van der Waals surface area (Å²) in [5.74, 6) is 8.94. The molecule has 0 radical (unpaired) electrons. The molecular weight excluding hydrogens is 474 g/mol. The molecule has 0 N–H and O–H groups in total. The maximum absolute atomic E-state index is 5.82. The molecule has 0 spiro atoms. The predicted octanol–water partition coefficient (Wildman–Crippen LogP) is 9.51. The van der Waals surface area contributed by atoms with E-state index in [-0.39, 0.29) is 0 Å². The third kappa shape index (κ3) is 6.15. The quantitative estimate of drug-likeness (QED) is 0.325. The van der Waals surface area contributed by atoms with Gasteiger partial charge >= 0.3 is 0 Å². The molecule has 2 nitrogen and oxygen atoms in total. The zero-order chi connectivity index (χ0) is 28.2. The van der Waals surface area contributed by atoms with Gasteiger partial charge in [0.15, 0.2) is 0 Å². The molecule has 0 saturated heterocycles. The highest BCUT2D eigenvalue weighted by Gasteiger charge is 2.57. The zero-order valence-corrected chi connectivity index (χ0v) is 26.1. The molecular formula is C37H57NO. The average molecular weight is 532 g/mol. The Hall–Kier alpha value is -1.72. The van der Waals surface area contributed by atoms with E-state index in [1.165, 1.54) is 75.5 Å². The first-order chi connectivity index (χ1) is 18.8. The van der Waals surface area contributed by atoms with Gasteiger partial charge in [-0.1, -0.05) is 51.8 Å². The first kappa shape index (κ1) is 30.2. The number of ether oxygens (including phenoxy) is 1. The molecule has 1 aromatic rings. The molecule has 1 aromatic carbocycles. The third-order valence-electron chi connectivity index (χ3n) is 11.6. The van der Waals surface area contributed by atoms with E-state index in [1.54, 1.807) is 0 Å². The number of rotatable bonds is 7. The van der Waals surface area contributed by atoms with Crippen molar-refractivity contribution in [3.05, 3.63) is 47.7 Å². The van der Waals surface area contributed by atoms with Crippen molar-refractivity contribution in [2.45, 2.75) is 105 Å². The highest BCUT2D eigenvalue weighted by atomic mass is 16.5. The fourth-order valence-corrected chi connectivity index (χ4v) is 9.51. The number of allylic oxidation sites excluding steroid dienone is 1. The van der Waals surface area contributed by atoms with Crippen molar-refractivity contribution in [3.63, 3.8) is 0 Å². The van der Waals surface area contributed by atoms with Gasteiger partial charge in [-0.3, -0.25) is 0 Å². The minimum atomic E-state index is 0.311. The minimum absolute atomic E-state index is 0.311. The highest BCUT2D eigenvalue weighted by Crippen LogP contribution is 2.65. The molecule has 4 aliphatic carbocycles. The van der Waals surface area contributed by atoms with Gasteiger partial charge in [0.2, 0.25) is 0 Å². The molecule has 9 unspecified atom stereocenters. The average Bonchev–Trinajstić information content (AvgIpc) is 3.32. The molecule has 2 heteroatoms. The molecule has 216 valence electrons. The first-order valence-electron chi connectivity index (χ1n) is 16.3. The summed E-state index contributed by atoms with van der Waals surface area (Å²) in [5.41, 5.74) is 4.04. The Bertz CT molecular complexity index is 974. The summed E-state index contributed by atoms with van der Waals surface area (Å²) in [7, 11) is 2.26. The molecule has 0 aromatic heterocycles. The number of terminal acetylenes is 1. The van der Waals surface area contributed by atoms with Crippen molar-refractivity contribution in [2.75, 3.05) is 20.3 Å². The van der Waals surface area contributed by atoms with Gasteiger partial charge in [0.05, 0.1) is 6.04 Å². The molecule has 5 rings (SSSR count). The van der Waals surface area contributed by atoms with Gasteiger partial charge < -0.3 is 9.64 Å². The zero-order valence-electron chi connectivity index (χ0n) is 26.1. The van der Waals surface area contributed by atoms with Crippen molar-refractivity contribution in [3.8, 4) is 12.3 Å². The Morgan fingerprint density at radius 3 is 2.38 bits per heavy atom. The fourth-order valence-electron chi connectivity index (χ4n) is 9.51. The van der Waals surface area contributed by atoms with E-state index in [9.17, 15) is 0 Å². The number of benzene rings is 1. The summed E-state index contributed by atoms with van der Waals surface area (Å²) in [4.78, 5) is 2.46. The Labute approximate surface area is 241 Å². The van der Waals surface area contributed by atoms with Crippen molar-refractivity contribution < 1.29 is 4.74 Å². The third-order valence-corrected chi connectivity index (χ3v) is 11.6. The summed E-state index contributed by atoms with van der Waals surface area (Å²) < 4.78 is 5.82. The second-order valence-electron chi connectivity index (χ2n) is 13.7. The van der Waals surface area contributed by atoms with Gasteiger partial charge in [0.25, 0.3) is 0 Å². The molecule has 0 heterocycles. The van der Waals surface area contributed by atoms with Gasteiger partial charge in [-0.25, -0.2) is 0 Å². The van der Waals surface area contributed by atoms with E-state index >= 15 is 0 Å². The van der Waals surface area contributed by atoms with Crippen LogP contribution in [0.2, 0.25) is 0 Å². The van der Waals surface area contributed by atoms with Crippen molar-refractivity contribution in [1.82, 2.24) is 4.90 Å². The summed E-state index contributed by atoms with van der Waals surface area (Å²) in [5, 5.41) is 0. The maximum atomic E-state index is 5.82. The number of hydrogen-bond acceptors (Lipinski definition) is 2. The summed E-state index contributed by atoms with van der Waals surface area (Å²) >= 11 is 0. The molecule has 4 saturated carbocycles. The standard InChI is InChI=1S/C34H49NO.C3H8/c1-7-25-9-12-27(13-10-25)23(3)35(6)24(4)32-17-18-33-31-16-14-28-21-26(22-36-8-2)11-15-29(28)30(31)19-20-34(32,33)5;1-3-2/h1,9-10,12-13,23,26,28-33H,4,8,11,14-22H2,2-3,5-6H3;3H2,1-2H3. The second kappa shape index (κ2) is 13.3. The Balaban J connectivity index is 0.00000112. The SMILES string of the molecule is C#Cc1ccc(C(C)N(C)C(=C)C2CCC3C4CCC5CC(COCC)CCC5C4CCC23C)cc1.CCC. The van der Waals surface area contributed by atoms with Crippen LogP contribution in [-0.4, -0.2) is 25.2 Å². The molecule has 0 amide bonds. The van der Waals surface area contributed by atoms with Gasteiger partial charge in [0, 0.05) is 37.4 Å². The smallest absolute Gasteiger partial charge is 0.0507 e. The fraction of sp³-hybridized carbons (Fsp3) is 0.730. The summed E-state index contributed by atoms with van der Waals surface area (Å²) in [6.45, 7) is 17.9. The van der Waals surface area contributed by atoms with Crippen LogP contribution in [0.3, 0.4) is 0 Å². The maximum Gasteiger partial charge on any atom is 0.0507 e. The lowest BCUT2D eigenvalue weighted by Gasteiger charge is -2.56. The van der Waals surface area contributed by atoms with E-state index in [2.05, 4.69) is 76.8 Å². The number of nitrogens with zero attached hydrogens (tertiary/aromatic N) is 1. The number of fused-ring (bicyclic) bond motifs is 5. The van der Waals surface area contributed by atoms with Crippen LogP contribution in [0.25, 0.3) is 0 Å². The molecule has 4 aliphatic rings. The van der Waals surface area contributed by atoms with E-state index in [0.29, 0.717) is 17.4 Å². The summed E-state index contributed by atoms with van der Waals surface area (Å²) in [6, 6.07) is 8.82. The van der Waals surface area contributed by atoms with Crippen LogP contribution < -0.4 is 0 Å². The van der Waals surface area contributed by atoms with Crippen molar-refractivity contribution in [2.24, 2.45) is 46.8 Å². The normalized spacial score (nSPS) is 35.8. The Morgan fingerprint density at radius 2 is 1.72 bits per heavy atom. The van der Waals surface area contributed by atoms with Crippen LogP contribution in [-0.2, 0) is 4.74 Å². The Kier molecular flexibility index (Phi) is 10.3. The number of hydrogen-bond donors (Lipinski definition) is 0. The molecule has 0 aliphatic heterocycles.